The van der Waals surface area contributed by atoms with Crippen LogP contribution in [0.5, 0.6) is 0 Å². The summed E-state index contributed by atoms with van der Waals surface area (Å²) in [7, 11) is 0. The fourth-order valence-corrected chi connectivity index (χ4v) is 2.57. The molecule has 6 nitrogen and oxygen atoms in total. The Labute approximate surface area is 137 Å². The molecule has 2 aromatic rings. The lowest BCUT2D eigenvalue weighted by Crippen LogP contribution is -2.12. The number of aliphatic hydroxyl groups excluding tert-OH is 1. The molecule has 0 aromatic carbocycles. The number of aromatic nitrogens is 2. The Morgan fingerprint density at radius 3 is 2.70 bits per heavy atom. The predicted octanol–water partition coefficient (Wildman–Crippen LogP) is 3.51. The van der Waals surface area contributed by atoms with Crippen molar-refractivity contribution in [3.63, 3.8) is 0 Å². The van der Waals surface area contributed by atoms with E-state index in [1.165, 1.54) is 13.1 Å². The first-order chi connectivity index (χ1) is 10.7. The molecule has 1 atom stereocenters. The highest BCUT2D eigenvalue weighted by atomic mass is 35.5. The number of anilines is 1. The maximum atomic E-state index is 12.8. The van der Waals surface area contributed by atoms with Gasteiger partial charge in [0.15, 0.2) is 6.23 Å². The van der Waals surface area contributed by atoms with Crippen molar-refractivity contribution < 1.29 is 23.5 Å². The number of oxime groups is 1. The van der Waals surface area contributed by atoms with E-state index in [-0.39, 0.29) is 11.5 Å². The number of rotatable bonds is 4. The van der Waals surface area contributed by atoms with Crippen molar-refractivity contribution >= 4 is 34.5 Å². The molecule has 23 heavy (non-hydrogen) atoms. The van der Waals surface area contributed by atoms with E-state index in [4.69, 9.17) is 16.8 Å². The van der Waals surface area contributed by atoms with Gasteiger partial charge in [-0.05, 0) is 13.0 Å². The normalized spacial score (nSPS) is 13.9. The molecule has 0 aliphatic carbocycles. The first-order valence-corrected chi connectivity index (χ1v) is 7.24. The second-order valence-electron chi connectivity index (χ2n) is 4.35. The van der Waals surface area contributed by atoms with Crippen LogP contribution < -0.4 is 5.32 Å². The number of aliphatic hydroxyl groups is 1. The molecular formula is C12H10ClF3N4O2S. The van der Waals surface area contributed by atoms with Crippen LogP contribution >= 0.6 is 22.9 Å². The van der Waals surface area contributed by atoms with Gasteiger partial charge in [-0.2, -0.15) is 13.2 Å². The molecule has 0 aliphatic heterocycles. The summed E-state index contributed by atoms with van der Waals surface area (Å²) in [6.07, 6.45) is -3.80. The molecule has 124 valence electrons. The molecule has 2 heterocycles. The number of nitrogens with zero attached hydrogens (tertiary/aromatic N) is 3. The molecule has 0 radical (unpaired) electrons. The minimum absolute atomic E-state index is 0.197. The van der Waals surface area contributed by atoms with Crippen molar-refractivity contribution in [2.45, 2.75) is 19.3 Å². The van der Waals surface area contributed by atoms with Crippen molar-refractivity contribution in [1.29, 1.82) is 0 Å². The first kappa shape index (κ1) is 17.4. The smallest absolute Gasteiger partial charge is 0.411 e. The van der Waals surface area contributed by atoms with E-state index < -0.39 is 23.0 Å². The van der Waals surface area contributed by atoms with Crippen LogP contribution in [0.1, 0.15) is 28.6 Å². The highest BCUT2D eigenvalue weighted by Gasteiger charge is 2.34. The van der Waals surface area contributed by atoms with E-state index in [1.54, 1.807) is 0 Å². The number of pyridine rings is 1. The number of thiazole rings is 1. The SMILES string of the molecule is C/C(=N\O)c1ncc(C(O)Nc2cc(C(F)(F)F)c(Cl)cn2)s1. The summed E-state index contributed by atoms with van der Waals surface area (Å²) in [5, 5.41) is 23.9. The Balaban J connectivity index is 2.20. The average molecular weight is 367 g/mol. The maximum Gasteiger partial charge on any atom is 0.418 e. The van der Waals surface area contributed by atoms with Gasteiger partial charge in [-0.25, -0.2) is 9.97 Å². The van der Waals surface area contributed by atoms with Crippen LogP contribution in [0.4, 0.5) is 19.0 Å². The molecule has 3 N–H and O–H groups in total. The van der Waals surface area contributed by atoms with Crippen molar-refractivity contribution in [3.8, 4) is 0 Å². The maximum absolute atomic E-state index is 12.8. The van der Waals surface area contributed by atoms with Gasteiger partial charge in [0.05, 0.1) is 15.5 Å². The highest BCUT2D eigenvalue weighted by Crippen LogP contribution is 2.35. The lowest BCUT2D eigenvalue weighted by molar-refractivity contribution is -0.137. The molecule has 2 rings (SSSR count). The van der Waals surface area contributed by atoms with Crippen LogP contribution in [0, 0.1) is 0 Å². The summed E-state index contributed by atoms with van der Waals surface area (Å²) in [4.78, 5) is 7.93. The van der Waals surface area contributed by atoms with Gasteiger partial charge in [0, 0.05) is 12.4 Å². The Morgan fingerprint density at radius 2 is 2.09 bits per heavy atom. The third-order valence-corrected chi connectivity index (χ3v) is 4.16. The molecule has 0 fully saturated rings. The highest BCUT2D eigenvalue weighted by molar-refractivity contribution is 7.13. The average Bonchev–Trinajstić information content (AvgIpc) is 2.97. The minimum atomic E-state index is -4.63. The first-order valence-electron chi connectivity index (χ1n) is 6.04. The van der Waals surface area contributed by atoms with Gasteiger partial charge < -0.3 is 15.6 Å². The Morgan fingerprint density at radius 1 is 1.39 bits per heavy atom. The third kappa shape index (κ3) is 4.09. The Hall–Kier alpha value is -1.91. The largest absolute Gasteiger partial charge is 0.418 e. The summed E-state index contributed by atoms with van der Waals surface area (Å²) < 4.78 is 38.3. The van der Waals surface area contributed by atoms with Gasteiger partial charge in [0.2, 0.25) is 0 Å². The van der Waals surface area contributed by atoms with Gasteiger partial charge in [-0.1, -0.05) is 16.8 Å². The van der Waals surface area contributed by atoms with Crippen LogP contribution in [0.2, 0.25) is 5.02 Å². The molecular weight excluding hydrogens is 357 g/mol. The monoisotopic (exact) mass is 366 g/mol. The van der Waals surface area contributed by atoms with E-state index in [0.29, 0.717) is 16.0 Å². The molecule has 0 amide bonds. The minimum Gasteiger partial charge on any atom is -0.411 e. The zero-order valence-electron chi connectivity index (χ0n) is 11.5. The fraction of sp³-hybridized carbons (Fsp3) is 0.250. The van der Waals surface area contributed by atoms with Crippen molar-refractivity contribution in [3.05, 3.63) is 38.9 Å². The number of hydrogen-bond acceptors (Lipinski definition) is 7. The Bertz CT molecular complexity index is 735. The lowest BCUT2D eigenvalue weighted by Gasteiger charge is -2.14. The lowest BCUT2D eigenvalue weighted by atomic mass is 10.2. The third-order valence-electron chi connectivity index (χ3n) is 2.70. The molecule has 0 saturated heterocycles. The number of hydrogen-bond donors (Lipinski definition) is 3. The van der Waals surface area contributed by atoms with E-state index in [9.17, 15) is 18.3 Å². The van der Waals surface area contributed by atoms with Crippen LogP contribution in [-0.2, 0) is 6.18 Å². The molecule has 2 aromatic heterocycles. The van der Waals surface area contributed by atoms with Crippen LogP contribution in [0.15, 0.2) is 23.6 Å². The number of alkyl halides is 3. The second kappa shape index (κ2) is 6.69. The van der Waals surface area contributed by atoms with Crippen molar-refractivity contribution in [1.82, 2.24) is 9.97 Å². The molecule has 0 saturated carbocycles. The van der Waals surface area contributed by atoms with Gasteiger partial charge in [0.1, 0.15) is 16.5 Å². The zero-order chi connectivity index (χ0) is 17.2. The van der Waals surface area contributed by atoms with Crippen molar-refractivity contribution in [2.24, 2.45) is 5.16 Å². The molecule has 0 aliphatic rings. The van der Waals surface area contributed by atoms with Crippen molar-refractivity contribution in [2.75, 3.05) is 5.32 Å². The van der Waals surface area contributed by atoms with E-state index in [1.807, 2.05) is 0 Å². The van der Waals surface area contributed by atoms with Crippen LogP contribution in [0.3, 0.4) is 0 Å². The summed E-state index contributed by atoms with van der Waals surface area (Å²) in [5.41, 5.74) is -0.811. The van der Waals surface area contributed by atoms with Gasteiger partial charge in [-0.15, -0.1) is 11.3 Å². The predicted molar refractivity (Wildman–Crippen MR) is 78.9 cm³/mol. The van der Waals surface area contributed by atoms with Crippen LogP contribution in [0.25, 0.3) is 0 Å². The summed E-state index contributed by atoms with van der Waals surface area (Å²) in [5.74, 6) is -0.197. The topological polar surface area (TPSA) is 90.6 Å². The van der Waals surface area contributed by atoms with E-state index >= 15 is 0 Å². The fourth-order valence-electron chi connectivity index (χ4n) is 1.57. The number of nitrogens with one attached hydrogen (secondary N) is 1. The quantitative estimate of drug-likeness (QED) is 0.333. The van der Waals surface area contributed by atoms with Gasteiger partial charge in [-0.3, -0.25) is 0 Å². The van der Waals surface area contributed by atoms with E-state index in [2.05, 4.69) is 20.4 Å². The molecule has 11 heteroatoms. The standard InChI is InChI=1S/C12H10ClF3N4O2S/c1-5(20-22)11-18-4-8(23-11)10(21)19-9-2-6(12(14,15)16)7(13)3-17-9/h2-4,10,21-22H,1H3,(H,17,19)/b20-5+. The molecule has 0 spiro atoms. The summed E-state index contributed by atoms with van der Waals surface area (Å²) in [6.45, 7) is 1.51. The number of halogens is 4. The second-order valence-corrected chi connectivity index (χ2v) is 5.82. The zero-order valence-corrected chi connectivity index (χ0v) is 13.0. The summed E-state index contributed by atoms with van der Waals surface area (Å²) in [6, 6.07) is 0.702. The summed E-state index contributed by atoms with van der Waals surface area (Å²) >= 11 is 6.49. The molecule has 1 unspecified atom stereocenters. The van der Waals surface area contributed by atoms with E-state index in [0.717, 1.165) is 17.5 Å². The molecule has 0 bridgehead atoms. The van der Waals surface area contributed by atoms with Gasteiger partial charge in [0.25, 0.3) is 0 Å². The van der Waals surface area contributed by atoms with Crippen LogP contribution in [-0.4, -0.2) is 26.0 Å². The van der Waals surface area contributed by atoms with Gasteiger partial charge >= 0.3 is 6.18 Å². The Kier molecular flexibility index (Phi) is 5.07.